The topological polar surface area (TPSA) is 151 Å². The standard InChI is InChI=1S/3C20H16N.3C5H8O2.3Ir/c1-20(2)17-11-7-6-10-15(17)16-13-21-19(12-18(16)20)14-8-4-3-5-9-14;1-20(2)17-11-7-6-10-15(17)16-12-19(21-13-18(16)20)14-8-4-3-5-9-14;1-20(2)17-11-7-6-10-15(17)16-12-13-21-19(18(16)20)14-8-4-3-5-9-14;3*1-4(6)3-5(2)7;;;/h3*3-8,10-13H,1-2H3;3*3,6H,1-2H3;;;/q3*-1;;;;;;. The number of benzene rings is 6. The fraction of sp³-hybridized carbons (Fsp3) is 0.200. The number of carbonyl (C=O) groups is 3. The second-order valence-electron chi connectivity index (χ2n) is 22.3. The van der Waals surface area contributed by atoms with Crippen molar-refractivity contribution < 1.29 is 90.0 Å². The number of nitrogens with zero attached hydrogens (tertiary/aromatic N) is 3. The Bertz CT molecular complexity index is 3840. The predicted octanol–water partition coefficient (Wildman–Crippen LogP) is 17.7. The van der Waals surface area contributed by atoms with E-state index >= 15 is 0 Å². The van der Waals surface area contributed by atoms with Crippen LogP contribution in [0.25, 0.3) is 67.2 Å². The predicted molar refractivity (Wildman–Crippen MR) is 339 cm³/mol. The molecule has 3 N–H and O–H groups in total. The zero-order valence-corrected chi connectivity index (χ0v) is 58.1. The summed E-state index contributed by atoms with van der Waals surface area (Å²) in [5, 5.41) is 25.1. The minimum atomic E-state index is -0.125. The summed E-state index contributed by atoms with van der Waals surface area (Å²) in [4.78, 5) is 44.0. The Hall–Kier alpha value is -7.65. The molecule has 9 nitrogen and oxygen atoms in total. The van der Waals surface area contributed by atoms with Gasteiger partial charge in [-0.15, -0.1) is 108 Å². The molecule has 0 atom stereocenters. The molecule has 3 radical (unpaired) electrons. The van der Waals surface area contributed by atoms with E-state index in [4.69, 9.17) is 15.3 Å². The van der Waals surface area contributed by atoms with Gasteiger partial charge in [-0.3, -0.25) is 14.4 Å². The molecular formula is C75H72Ir3N3O6-3. The van der Waals surface area contributed by atoms with Gasteiger partial charge < -0.3 is 30.3 Å². The van der Waals surface area contributed by atoms with E-state index < -0.39 is 0 Å². The quantitative estimate of drug-likeness (QED) is 0.0840. The zero-order chi connectivity index (χ0) is 60.9. The van der Waals surface area contributed by atoms with E-state index in [1.807, 2.05) is 73.2 Å². The third kappa shape index (κ3) is 17.5. The molecule has 0 spiro atoms. The van der Waals surface area contributed by atoms with Crippen LogP contribution in [-0.4, -0.2) is 47.6 Å². The van der Waals surface area contributed by atoms with Crippen LogP contribution < -0.4 is 0 Å². The number of allylic oxidation sites excluding steroid dienone is 6. The Kier molecular flexibility index (Phi) is 26.3. The molecule has 6 aromatic carbocycles. The van der Waals surface area contributed by atoms with Crippen LogP contribution in [0.3, 0.4) is 0 Å². The van der Waals surface area contributed by atoms with Crippen molar-refractivity contribution in [1.29, 1.82) is 0 Å². The van der Waals surface area contributed by atoms with Crippen LogP contribution in [0.1, 0.15) is 116 Å². The number of carbonyl (C=O) groups excluding carboxylic acids is 3. The van der Waals surface area contributed by atoms with E-state index in [0.717, 1.165) is 33.8 Å². The molecule has 12 rings (SSSR count). The Morgan fingerprint density at radius 1 is 0.379 bits per heavy atom. The second kappa shape index (κ2) is 31.8. The molecule has 3 aliphatic carbocycles. The molecule has 0 unspecified atom stereocenters. The first-order chi connectivity index (χ1) is 39.9. The van der Waals surface area contributed by atoms with Gasteiger partial charge in [0.15, 0.2) is 17.3 Å². The van der Waals surface area contributed by atoms with Crippen molar-refractivity contribution >= 4 is 17.3 Å². The molecule has 0 amide bonds. The number of ketones is 3. The monoisotopic (exact) mass is 1690 g/mol. The Morgan fingerprint density at radius 2 is 0.747 bits per heavy atom. The zero-order valence-electron chi connectivity index (χ0n) is 51.0. The van der Waals surface area contributed by atoms with Gasteiger partial charge in [-0.25, -0.2) is 0 Å². The van der Waals surface area contributed by atoms with Crippen LogP contribution in [0, 0.1) is 18.2 Å². The van der Waals surface area contributed by atoms with E-state index in [2.05, 4.69) is 184 Å². The number of aliphatic hydroxyl groups excluding tert-OH is 3. The Morgan fingerprint density at radius 3 is 1.16 bits per heavy atom. The van der Waals surface area contributed by atoms with Crippen molar-refractivity contribution in [2.75, 3.05) is 0 Å². The molecule has 453 valence electrons. The van der Waals surface area contributed by atoms with Crippen LogP contribution >= 0.6 is 0 Å². The average Bonchev–Trinajstić information content (AvgIpc) is 1.62. The molecular weight excluding hydrogens is 1620 g/mol. The van der Waals surface area contributed by atoms with E-state index in [1.54, 1.807) is 0 Å². The Labute approximate surface area is 554 Å². The number of rotatable bonds is 6. The van der Waals surface area contributed by atoms with Gasteiger partial charge in [-0.1, -0.05) is 126 Å². The van der Waals surface area contributed by atoms with Crippen LogP contribution in [0.15, 0.2) is 218 Å². The van der Waals surface area contributed by atoms with Gasteiger partial charge in [-0.05, 0) is 126 Å². The second-order valence-corrected chi connectivity index (χ2v) is 22.3. The maximum Gasteiger partial charge on any atom is 0.155 e. The molecule has 12 heteroatoms. The average molecular weight is 1690 g/mol. The van der Waals surface area contributed by atoms with E-state index in [1.165, 1.54) is 127 Å². The summed E-state index contributed by atoms with van der Waals surface area (Å²) in [7, 11) is 0. The number of aliphatic hydroxyl groups is 3. The van der Waals surface area contributed by atoms with Crippen molar-refractivity contribution in [3.8, 4) is 67.2 Å². The van der Waals surface area contributed by atoms with Crippen LogP contribution in [-0.2, 0) is 90.9 Å². The van der Waals surface area contributed by atoms with Crippen molar-refractivity contribution in [3.05, 3.63) is 269 Å². The number of hydrogen-bond acceptors (Lipinski definition) is 9. The Balaban J connectivity index is 0.000000237. The first kappa shape index (κ1) is 71.8. The van der Waals surface area contributed by atoms with Crippen LogP contribution in [0.4, 0.5) is 0 Å². The van der Waals surface area contributed by atoms with Gasteiger partial charge in [0.1, 0.15) is 0 Å². The van der Waals surface area contributed by atoms with E-state index in [0.29, 0.717) is 0 Å². The molecule has 0 bridgehead atoms. The normalized spacial score (nSPS) is 13.3. The molecule has 3 aromatic heterocycles. The van der Waals surface area contributed by atoms with Gasteiger partial charge in [-0.2, -0.15) is 0 Å². The third-order valence-electron chi connectivity index (χ3n) is 14.6. The summed E-state index contributed by atoms with van der Waals surface area (Å²) in [5.41, 5.74) is 22.2. The first-order valence-electron chi connectivity index (χ1n) is 27.8. The van der Waals surface area contributed by atoms with Gasteiger partial charge in [0.2, 0.25) is 0 Å². The SMILES string of the molecule is CC(=O)C=C(C)O.CC(=O)C=C(C)O.CC(=O)C=C(C)O.CC1(C)c2ccccc2-c2cc(-c3[c-]cccc3)ncc21.CC1(C)c2ccccc2-c2ccnc(-c3[c-]cccc3)c21.CC1(C)c2ccccc2-c2cnc(-c3[c-]cccc3)cc21.[Ir].[Ir].[Ir]. The fourth-order valence-corrected chi connectivity index (χ4v) is 10.9. The maximum atomic E-state index is 10.0. The fourth-order valence-electron chi connectivity index (χ4n) is 10.9. The molecule has 0 saturated heterocycles. The smallest absolute Gasteiger partial charge is 0.155 e. The van der Waals surface area contributed by atoms with Crippen LogP contribution in [0.2, 0.25) is 0 Å². The van der Waals surface area contributed by atoms with E-state index in [9.17, 15) is 14.4 Å². The summed E-state index contributed by atoms with van der Waals surface area (Å²) < 4.78 is 0. The van der Waals surface area contributed by atoms with Crippen molar-refractivity contribution in [3.63, 3.8) is 0 Å². The van der Waals surface area contributed by atoms with Gasteiger partial charge >= 0.3 is 0 Å². The minimum absolute atomic E-state index is 0. The molecule has 3 aliphatic rings. The molecule has 0 fully saturated rings. The summed E-state index contributed by atoms with van der Waals surface area (Å²) >= 11 is 0. The van der Waals surface area contributed by atoms with E-state index in [-0.39, 0.29) is 111 Å². The molecule has 3 heterocycles. The van der Waals surface area contributed by atoms with Gasteiger partial charge in [0.05, 0.1) is 17.3 Å². The summed E-state index contributed by atoms with van der Waals surface area (Å²) in [6, 6.07) is 66.4. The largest absolute Gasteiger partial charge is 0.512 e. The minimum Gasteiger partial charge on any atom is -0.512 e. The van der Waals surface area contributed by atoms with Gasteiger partial charge in [0, 0.05) is 119 Å². The first-order valence-corrected chi connectivity index (χ1v) is 27.8. The maximum absolute atomic E-state index is 10.0. The summed E-state index contributed by atoms with van der Waals surface area (Å²) in [5.74, 6) is -0.187. The molecule has 0 saturated carbocycles. The summed E-state index contributed by atoms with van der Waals surface area (Å²) in [6.45, 7) is 22.2. The third-order valence-corrected chi connectivity index (χ3v) is 14.6. The molecule has 87 heavy (non-hydrogen) atoms. The van der Waals surface area contributed by atoms with Crippen LogP contribution in [0.5, 0.6) is 0 Å². The number of hydrogen-bond donors (Lipinski definition) is 3. The van der Waals surface area contributed by atoms with Crippen molar-refractivity contribution in [1.82, 2.24) is 15.0 Å². The number of pyridine rings is 3. The molecule has 9 aromatic rings. The summed E-state index contributed by atoms with van der Waals surface area (Å²) in [6.07, 6.45) is 9.46. The number of aromatic nitrogens is 3. The molecule has 0 aliphatic heterocycles. The van der Waals surface area contributed by atoms with Gasteiger partial charge in [0.25, 0.3) is 0 Å². The van der Waals surface area contributed by atoms with Crippen molar-refractivity contribution in [2.24, 2.45) is 0 Å². The van der Waals surface area contributed by atoms with Crippen molar-refractivity contribution in [2.45, 2.75) is 99.3 Å². The number of fused-ring (bicyclic) bond motifs is 9.